The highest BCUT2D eigenvalue weighted by Crippen LogP contribution is 2.15. The summed E-state index contributed by atoms with van der Waals surface area (Å²) in [6.07, 6.45) is 0. The molecule has 0 aliphatic carbocycles. The smallest absolute Gasteiger partial charge is 0.240 e. The van der Waals surface area contributed by atoms with Crippen LogP contribution in [-0.2, 0) is 16.6 Å². The maximum atomic E-state index is 12.7. The molecule has 0 fully saturated rings. The van der Waals surface area contributed by atoms with Crippen LogP contribution in [0.2, 0.25) is 0 Å². The number of methoxy groups -OCH3 is 1. The average molecular weight is 295 g/mol. The van der Waals surface area contributed by atoms with Crippen molar-refractivity contribution in [3.8, 4) is 5.75 Å². The van der Waals surface area contributed by atoms with E-state index in [1.165, 1.54) is 43.5 Å². The van der Waals surface area contributed by atoms with Crippen LogP contribution in [0.25, 0.3) is 0 Å². The fraction of sp³-hybridized carbons (Fsp3) is 0.143. The minimum absolute atomic E-state index is 0.106. The molecule has 0 spiro atoms. The summed E-state index contributed by atoms with van der Waals surface area (Å²) < 4.78 is 44.3. The fourth-order valence-corrected chi connectivity index (χ4v) is 2.64. The minimum atomic E-state index is -3.59. The lowest BCUT2D eigenvalue weighted by Gasteiger charge is -2.07. The molecule has 0 heterocycles. The third-order valence-electron chi connectivity index (χ3n) is 2.75. The lowest BCUT2D eigenvalue weighted by atomic mass is 10.2. The third-order valence-corrected chi connectivity index (χ3v) is 4.17. The molecule has 0 aliphatic heterocycles. The van der Waals surface area contributed by atoms with Crippen molar-refractivity contribution in [2.75, 3.05) is 7.11 Å². The molecule has 0 aliphatic rings. The van der Waals surface area contributed by atoms with Crippen LogP contribution in [0.4, 0.5) is 4.39 Å². The van der Waals surface area contributed by atoms with E-state index in [-0.39, 0.29) is 17.3 Å². The van der Waals surface area contributed by atoms with Gasteiger partial charge in [0.05, 0.1) is 12.0 Å². The van der Waals surface area contributed by atoms with Gasteiger partial charge in [0.25, 0.3) is 0 Å². The molecule has 2 aromatic carbocycles. The summed E-state index contributed by atoms with van der Waals surface area (Å²) >= 11 is 0. The number of ether oxygens (including phenoxy) is 1. The maximum Gasteiger partial charge on any atom is 0.240 e. The van der Waals surface area contributed by atoms with E-state index in [9.17, 15) is 12.8 Å². The lowest BCUT2D eigenvalue weighted by Crippen LogP contribution is -2.23. The number of benzene rings is 2. The molecule has 0 radical (unpaired) electrons. The Hall–Kier alpha value is -1.92. The molecule has 0 bridgehead atoms. The van der Waals surface area contributed by atoms with Crippen molar-refractivity contribution in [1.82, 2.24) is 4.72 Å². The first-order valence-corrected chi connectivity index (χ1v) is 7.38. The first-order valence-electron chi connectivity index (χ1n) is 5.89. The summed E-state index contributed by atoms with van der Waals surface area (Å²) in [5.41, 5.74) is 0.684. The van der Waals surface area contributed by atoms with Crippen molar-refractivity contribution in [1.29, 1.82) is 0 Å². The summed E-state index contributed by atoms with van der Waals surface area (Å²) in [6, 6.07) is 11.7. The van der Waals surface area contributed by atoms with Gasteiger partial charge in [0, 0.05) is 6.54 Å². The highest BCUT2D eigenvalue weighted by atomic mass is 32.2. The third kappa shape index (κ3) is 3.55. The average Bonchev–Trinajstić information content (AvgIpc) is 2.47. The molecule has 0 atom stereocenters. The van der Waals surface area contributed by atoms with E-state index in [2.05, 4.69) is 4.72 Å². The predicted octanol–water partition coefficient (Wildman–Crippen LogP) is 2.31. The van der Waals surface area contributed by atoms with Crippen molar-refractivity contribution in [3.63, 3.8) is 0 Å². The maximum absolute atomic E-state index is 12.7. The molecule has 6 heteroatoms. The summed E-state index contributed by atoms with van der Waals surface area (Å²) in [6.45, 7) is 0.106. The molecule has 106 valence electrons. The zero-order chi connectivity index (χ0) is 14.6. The number of halogens is 1. The molecule has 2 aromatic rings. The van der Waals surface area contributed by atoms with Gasteiger partial charge in [-0.25, -0.2) is 17.5 Å². The van der Waals surface area contributed by atoms with Gasteiger partial charge in [-0.15, -0.1) is 0 Å². The minimum Gasteiger partial charge on any atom is -0.497 e. The highest BCUT2D eigenvalue weighted by molar-refractivity contribution is 7.89. The second-order valence-corrected chi connectivity index (χ2v) is 5.89. The van der Waals surface area contributed by atoms with Crippen LogP contribution in [0.15, 0.2) is 53.4 Å². The van der Waals surface area contributed by atoms with Crippen LogP contribution in [0.1, 0.15) is 5.56 Å². The predicted molar refractivity (Wildman–Crippen MR) is 73.4 cm³/mol. The topological polar surface area (TPSA) is 55.4 Å². The van der Waals surface area contributed by atoms with Crippen LogP contribution < -0.4 is 9.46 Å². The Labute approximate surface area is 117 Å². The van der Waals surface area contributed by atoms with Gasteiger partial charge >= 0.3 is 0 Å². The summed E-state index contributed by atoms with van der Waals surface area (Å²) in [4.78, 5) is 0.153. The van der Waals surface area contributed by atoms with E-state index < -0.39 is 10.0 Å². The first-order chi connectivity index (χ1) is 9.51. The molecule has 0 amide bonds. The molecule has 2 rings (SSSR count). The van der Waals surface area contributed by atoms with Crippen LogP contribution >= 0.6 is 0 Å². The van der Waals surface area contributed by atoms with E-state index in [4.69, 9.17) is 4.74 Å². The number of rotatable bonds is 5. The van der Waals surface area contributed by atoms with Gasteiger partial charge in [-0.1, -0.05) is 12.1 Å². The number of nitrogens with one attached hydrogen (secondary N) is 1. The molecule has 0 saturated heterocycles. The van der Waals surface area contributed by atoms with E-state index in [0.29, 0.717) is 11.3 Å². The molecule has 0 aromatic heterocycles. The molecule has 0 saturated carbocycles. The SMILES string of the molecule is COc1ccc(S(=O)(=O)NCc2ccc(F)cc2)cc1. The molecular formula is C14H14FNO3S. The van der Waals surface area contributed by atoms with Crippen molar-refractivity contribution in [3.05, 3.63) is 59.9 Å². The highest BCUT2D eigenvalue weighted by Gasteiger charge is 2.13. The van der Waals surface area contributed by atoms with Gasteiger partial charge in [-0.3, -0.25) is 0 Å². The normalized spacial score (nSPS) is 11.3. The molecule has 0 unspecified atom stereocenters. The number of sulfonamides is 1. The standard InChI is InChI=1S/C14H14FNO3S/c1-19-13-6-8-14(9-7-13)20(17,18)16-10-11-2-4-12(15)5-3-11/h2-9,16H,10H2,1H3. The number of hydrogen-bond acceptors (Lipinski definition) is 3. The van der Waals surface area contributed by atoms with Gasteiger partial charge < -0.3 is 4.74 Å². The Balaban J connectivity index is 2.08. The van der Waals surface area contributed by atoms with E-state index in [1.54, 1.807) is 12.1 Å². The van der Waals surface area contributed by atoms with E-state index in [0.717, 1.165) is 0 Å². The summed E-state index contributed by atoms with van der Waals surface area (Å²) in [5.74, 6) is 0.231. The molecule has 4 nitrogen and oxygen atoms in total. The zero-order valence-corrected chi connectivity index (χ0v) is 11.7. The second-order valence-electron chi connectivity index (χ2n) is 4.13. The monoisotopic (exact) mass is 295 g/mol. The summed E-state index contributed by atoms with van der Waals surface area (Å²) in [7, 11) is -2.08. The Morgan fingerprint density at radius 1 is 1.05 bits per heavy atom. The molecular weight excluding hydrogens is 281 g/mol. The van der Waals surface area contributed by atoms with Crippen molar-refractivity contribution in [2.45, 2.75) is 11.4 Å². The van der Waals surface area contributed by atoms with Crippen LogP contribution in [0, 0.1) is 5.82 Å². The Bertz CT molecular complexity index is 667. The first kappa shape index (κ1) is 14.5. The lowest BCUT2D eigenvalue weighted by molar-refractivity contribution is 0.414. The largest absolute Gasteiger partial charge is 0.497 e. The van der Waals surface area contributed by atoms with E-state index >= 15 is 0 Å². The van der Waals surface area contributed by atoms with Crippen LogP contribution in [-0.4, -0.2) is 15.5 Å². The van der Waals surface area contributed by atoms with Crippen molar-refractivity contribution in [2.24, 2.45) is 0 Å². The van der Waals surface area contributed by atoms with Crippen molar-refractivity contribution < 1.29 is 17.5 Å². The van der Waals surface area contributed by atoms with Crippen molar-refractivity contribution >= 4 is 10.0 Å². The molecule has 1 N–H and O–H groups in total. The van der Waals surface area contributed by atoms with Gasteiger partial charge in [0.15, 0.2) is 0 Å². The number of hydrogen-bond donors (Lipinski definition) is 1. The second kappa shape index (κ2) is 6.02. The quantitative estimate of drug-likeness (QED) is 0.921. The van der Waals surface area contributed by atoms with Gasteiger partial charge in [-0.05, 0) is 42.0 Å². The zero-order valence-electron chi connectivity index (χ0n) is 10.8. The Morgan fingerprint density at radius 2 is 1.65 bits per heavy atom. The van der Waals surface area contributed by atoms with Gasteiger partial charge in [0.2, 0.25) is 10.0 Å². The van der Waals surface area contributed by atoms with Gasteiger partial charge in [-0.2, -0.15) is 0 Å². The Morgan fingerprint density at radius 3 is 2.20 bits per heavy atom. The summed E-state index contributed by atoms with van der Waals surface area (Å²) in [5, 5.41) is 0. The molecule has 20 heavy (non-hydrogen) atoms. The Kier molecular flexibility index (Phi) is 4.36. The van der Waals surface area contributed by atoms with E-state index in [1.807, 2.05) is 0 Å². The van der Waals surface area contributed by atoms with Crippen LogP contribution in [0.5, 0.6) is 5.75 Å². The van der Waals surface area contributed by atoms with Gasteiger partial charge in [0.1, 0.15) is 11.6 Å². The van der Waals surface area contributed by atoms with Crippen LogP contribution in [0.3, 0.4) is 0 Å². The fourth-order valence-electron chi connectivity index (χ4n) is 1.62.